The molecule has 0 saturated heterocycles. The van der Waals surface area contributed by atoms with E-state index in [1.807, 2.05) is 0 Å². The summed E-state index contributed by atoms with van der Waals surface area (Å²) >= 11 is 0. The van der Waals surface area contributed by atoms with Crippen molar-refractivity contribution in [2.45, 2.75) is 90.5 Å². The van der Waals surface area contributed by atoms with E-state index in [0.717, 1.165) is 0 Å². The summed E-state index contributed by atoms with van der Waals surface area (Å²) < 4.78 is 10.3. The highest BCUT2D eigenvalue weighted by atomic mass is 16.6. The number of nitrogens with two attached hydrogens (primary N) is 1. The Hall–Kier alpha value is -2.36. The van der Waals surface area contributed by atoms with Crippen molar-refractivity contribution in [3.63, 3.8) is 0 Å². The number of hydrogen-bond acceptors (Lipinski definition) is 7. The van der Waals surface area contributed by atoms with E-state index in [1.165, 1.54) is 0 Å². The third-order valence-electron chi connectivity index (χ3n) is 3.55. The van der Waals surface area contributed by atoms with Crippen LogP contribution in [0.1, 0.15) is 66.7 Å². The fourth-order valence-electron chi connectivity index (χ4n) is 2.33. The summed E-state index contributed by atoms with van der Waals surface area (Å²) in [6.07, 6.45) is 0.795. The first-order valence-electron chi connectivity index (χ1n) is 9.78. The Labute approximate surface area is 171 Å². The minimum Gasteiger partial charge on any atom is -0.480 e. The molecule has 0 saturated carbocycles. The predicted molar refractivity (Wildman–Crippen MR) is 106 cm³/mol. The van der Waals surface area contributed by atoms with Gasteiger partial charge >= 0.3 is 23.9 Å². The molecule has 0 aliphatic rings. The average molecular weight is 418 g/mol. The zero-order chi connectivity index (χ0) is 22.6. The van der Waals surface area contributed by atoms with Crippen molar-refractivity contribution in [1.29, 1.82) is 0 Å². The molecule has 2 unspecified atom stereocenters. The van der Waals surface area contributed by atoms with Gasteiger partial charge in [-0.1, -0.05) is 0 Å². The molecule has 10 heteroatoms. The number of esters is 2. The van der Waals surface area contributed by atoms with Crippen LogP contribution in [-0.2, 0) is 23.9 Å². The van der Waals surface area contributed by atoms with Crippen LogP contribution in [0.5, 0.6) is 0 Å². The Kier molecular flexibility index (Phi) is 11.9. The molecule has 0 aromatic rings. The van der Waals surface area contributed by atoms with Crippen LogP contribution in [0.2, 0.25) is 0 Å². The molecule has 168 valence electrons. The van der Waals surface area contributed by atoms with E-state index in [9.17, 15) is 24.3 Å². The number of urea groups is 1. The number of unbranched alkanes of at least 4 members (excludes halogenated alkanes) is 1. The summed E-state index contributed by atoms with van der Waals surface area (Å²) in [6, 6.07) is -3.07. The van der Waals surface area contributed by atoms with E-state index >= 15 is 0 Å². The van der Waals surface area contributed by atoms with Gasteiger partial charge in [-0.3, -0.25) is 4.79 Å². The van der Waals surface area contributed by atoms with Gasteiger partial charge < -0.3 is 30.9 Å². The van der Waals surface area contributed by atoms with Gasteiger partial charge in [-0.15, -0.1) is 0 Å². The van der Waals surface area contributed by atoms with Gasteiger partial charge in [0.2, 0.25) is 0 Å². The minimum absolute atomic E-state index is 0.0429. The number of rotatable bonds is 12. The highest BCUT2D eigenvalue weighted by molar-refractivity contribution is 5.87. The first kappa shape index (κ1) is 26.6. The first-order valence-corrected chi connectivity index (χ1v) is 9.78. The average Bonchev–Trinajstić information content (AvgIpc) is 2.55. The number of carbonyl (C=O) groups excluding carboxylic acids is 3. The summed E-state index contributed by atoms with van der Waals surface area (Å²) in [5.41, 5.74) is 4.72. The number of carbonyl (C=O) groups is 4. The normalized spacial score (nSPS) is 13.3. The van der Waals surface area contributed by atoms with Crippen molar-refractivity contribution < 1.29 is 33.8 Å². The Balaban J connectivity index is 4.95. The summed E-state index contributed by atoms with van der Waals surface area (Å²) in [5, 5.41) is 14.0. The van der Waals surface area contributed by atoms with E-state index in [1.54, 1.807) is 34.6 Å². The molecule has 0 spiro atoms. The first-order chi connectivity index (χ1) is 13.4. The van der Waals surface area contributed by atoms with Crippen molar-refractivity contribution in [1.82, 2.24) is 10.6 Å². The van der Waals surface area contributed by atoms with E-state index < -0.39 is 47.7 Å². The van der Waals surface area contributed by atoms with Crippen LogP contribution in [0.3, 0.4) is 0 Å². The van der Waals surface area contributed by atoms with Crippen LogP contribution in [-0.4, -0.2) is 59.4 Å². The van der Waals surface area contributed by atoms with Crippen LogP contribution in [0.15, 0.2) is 0 Å². The van der Waals surface area contributed by atoms with Gasteiger partial charge in [0.25, 0.3) is 0 Å². The third-order valence-corrected chi connectivity index (χ3v) is 3.55. The number of carboxylic acids is 1. The largest absolute Gasteiger partial charge is 0.480 e. The monoisotopic (exact) mass is 417 g/mol. The number of nitrogens with one attached hydrogen (secondary N) is 2. The Morgan fingerprint density at radius 2 is 1.59 bits per heavy atom. The van der Waals surface area contributed by atoms with Gasteiger partial charge in [-0.2, -0.15) is 0 Å². The minimum atomic E-state index is -1.19. The molecule has 2 amide bonds. The maximum Gasteiger partial charge on any atom is 0.328 e. The Morgan fingerprint density at radius 3 is 2.07 bits per heavy atom. The van der Waals surface area contributed by atoms with Crippen molar-refractivity contribution in [2.75, 3.05) is 6.54 Å². The fourth-order valence-corrected chi connectivity index (χ4v) is 2.33. The van der Waals surface area contributed by atoms with E-state index in [4.69, 9.17) is 15.2 Å². The standard InChI is InChI=1S/C19H35N3O7/c1-12(2)28-17(26)14(9-10-15(23)29-19(3,4)5)22-18(27)21-13(16(24)25)8-6-7-11-20/h12-14H,6-11,20H2,1-5H3,(H,24,25)(H2,21,22,27). The molecule has 0 aromatic carbocycles. The second-order valence-corrected chi connectivity index (χ2v) is 7.96. The van der Waals surface area contributed by atoms with Crippen molar-refractivity contribution in [3.8, 4) is 0 Å². The molecule has 5 N–H and O–H groups in total. The second-order valence-electron chi connectivity index (χ2n) is 7.96. The Bertz CT molecular complexity index is 558. The quantitative estimate of drug-likeness (QED) is 0.273. The smallest absolute Gasteiger partial charge is 0.328 e. The van der Waals surface area contributed by atoms with Crippen LogP contribution in [0.25, 0.3) is 0 Å². The molecule has 0 rings (SSSR count). The predicted octanol–water partition coefficient (Wildman–Crippen LogP) is 1.31. The van der Waals surface area contributed by atoms with Gasteiger partial charge in [0.15, 0.2) is 0 Å². The molecular formula is C19H35N3O7. The zero-order valence-electron chi connectivity index (χ0n) is 17.9. The van der Waals surface area contributed by atoms with Crippen LogP contribution < -0.4 is 16.4 Å². The molecule has 0 heterocycles. The van der Waals surface area contributed by atoms with Gasteiger partial charge in [0, 0.05) is 6.42 Å². The van der Waals surface area contributed by atoms with Gasteiger partial charge in [-0.05, 0) is 66.8 Å². The van der Waals surface area contributed by atoms with Crippen LogP contribution in [0.4, 0.5) is 4.79 Å². The summed E-state index contributed by atoms with van der Waals surface area (Å²) in [7, 11) is 0. The SMILES string of the molecule is CC(C)OC(=O)C(CCC(=O)OC(C)(C)C)NC(=O)NC(CCCCN)C(=O)O. The fraction of sp³-hybridized carbons (Fsp3) is 0.789. The number of amides is 2. The zero-order valence-corrected chi connectivity index (χ0v) is 17.9. The lowest BCUT2D eigenvalue weighted by Gasteiger charge is -2.22. The summed E-state index contributed by atoms with van der Waals surface area (Å²) in [5.74, 6) is -2.42. The Morgan fingerprint density at radius 1 is 1.00 bits per heavy atom. The molecule has 0 radical (unpaired) electrons. The topological polar surface area (TPSA) is 157 Å². The van der Waals surface area contributed by atoms with Gasteiger partial charge in [0.1, 0.15) is 17.7 Å². The highest BCUT2D eigenvalue weighted by Gasteiger charge is 2.27. The summed E-state index contributed by atoms with van der Waals surface area (Å²) in [6.45, 7) is 8.89. The lowest BCUT2D eigenvalue weighted by Crippen LogP contribution is -2.51. The maximum absolute atomic E-state index is 12.3. The molecule has 2 atom stereocenters. The van der Waals surface area contributed by atoms with Crippen molar-refractivity contribution >= 4 is 23.9 Å². The van der Waals surface area contributed by atoms with E-state index in [0.29, 0.717) is 19.4 Å². The lowest BCUT2D eigenvalue weighted by molar-refractivity contribution is -0.155. The van der Waals surface area contributed by atoms with Crippen molar-refractivity contribution in [2.24, 2.45) is 5.73 Å². The molecular weight excluding hydrogens is 382 g/mol. The molecule has 0 fully saturated rings. The number of ether oxygens (including phenoxy) is 2. The van der Waals surface area contributed by atoms with Crippen LogP contribution in [0, 0.1) is 0 Å². The molecule has 29 heavy (non-hydrogen) atoms. The van der Waals surface area contributed by atoms with E-state index in [-0.39, 0.29) is 19.3 Å². The van der Waals surface area contributed by atoms with Crippen molar-refractivity contribution in [3.05, 3.63) is 0 Å². The maximum atomic E-state index is 12.3. The third kappa shape index (κ3) is 13.4. The highest BCUT2D eigenvalue weighted by Crippen LogP contribution is 2.11. The molecule has 0 aliphatic carbocycles. The molecule has 0 aromatic heterocycles. The van der Waals surface area contributed by atoms with Gasteiger partial charge in [-0.25, -0.2) is 14.4 Å². The second kappa shape index (κ2) is 13.0. The lowest BCUT2D eigenvalue weighted by atomic mass is 10.1. The number of aliphatic carboxylic acids is 1. The molecule has 0 aliphatic heterocycles. The van der Waals surface area contributed by atoms with Gasteiger partial charge in [0.05, 0.1) is 6.10 Å². The number of carboxylic acid groups (broad SMARTS) is 1. The number of hydrogen-bond donors (Lipinski definition) is 4. The summed E-state index contributed by atoms with van der Waals surface area (Å²) in [4.78, 5) is 47.7. The van der Waals surface area contributed by atoms with Crippen LogP contribution >= 0.6 is 0 Å². The molecule has 10 nitrogen and oxygen atoms in total. The molecule has 0 bridgehead atoms. The van der Waals surface area contributed by atoms with E-state index in [2.05, 4.69) is 10.6 Å².